The zero-order valence-corrected chi connectivity index (χ0v) is 9.93. The minimum Gasteiger partial charge on any atom is -0.327 e. The van der Waals surface area contributed by atoms with Gasteiger partial charge in [-0.2, -0.15) is 10.5 Å². The minimum atomic E-state index is 0.404. The first-order valence-electron chi connectivity index (χ1n) is 6.14. The van der Waals surface area contributed by atoms with Crippen molar-refractivity contribution in [2.75, 3.05) is 0 Å². The standard InChI is InChI=1S/C14H12N4/c15-7-10-5-13-14(6-11(10)8-16)18(9-17-13)12-3-1-2-4-12/h5-6,9,12H,1-4H2. The predicted octanol–water partition coefficient (Wildman–Crippen LogP) is 2.89. The van der Waals surface area contributed by atoms with E-state index in [9.17, 15) is 0 Å². The first kappa shape index (κ1) is 10.8. The molecule has 1 aromatic carbocycles. The molecule has 4 heteroatoms. The Labute approximate surface area is 105 Å². The first-order valence-corrected chi connectivity index (χ1v) is 6.14. The maximum absolute atomic E-state index is 9.07. The second kappa shape index (κ2) is 4.16. The number of benzene rings is 1. The molecule has 0 saturated heterocycles. The van der Waals surface area contributed by atoms with Crippen molar-refractivity contribution in [3.8, 4) is 12.1 Å². The van der Waals surface area contributed by atoms with Crippen molar-refractivity contribution < 1.29 is 0 Å². The van der Waals surface area contributed by atoms with Gasteiger partial charge < -0.3 is 4.57 Å². The lowest BCUT2D eigenvalue weighted by molar-refractivity contribution is 0.532. The van der Waals surface area contributed by atoms with Gasteiger partial charge in [-0.25, -0.2) is 4.98 Å². The average Bonchev–Trinajstić information content (AvgIpc) is 3.05. The van der Waals surface area contributed by atoms with Crippen LogP contribution in [0.1, 0.15) is 42.9 Å². The lowest BCUT2D eigenvalue weighted by atomic mass is 10.1. The Kier molecular flexibility index (Phi) is 2.50. The zero-order chi connectivity index (χ0) is 12.5. The molecule has 88 valence electrons. The summed E-state index contributed by atoms with van der Waals surface area (Å²) in [5.41, 5.74) is 2.61. The van der Waals surface area contributed by atoms with E-state index in [4.69, 9.17) is 10.5 Å². The second-order valence-corrected chi connectivity index (χ2v) is 4.70. The van der Waals surface area contributed by atoms with Gasteiger partial charge in [-0.15, -0.1) is 0 Å². The molecule has 0 N–H and O–H groups in total. The SMILES string of the molecule is N#Cc1cc2ncn(C3CCCC3)c2cc1C#N. The van der Waals surface area contributed by atoms with E-state index >= 15 is 0 Å². The number of nitriles is 2. The number of fused-ring (bicyclic) bond motifs is 1. The fourth-order valence-corrected chi connectivity index (χ4v) is 2.73. The molecule has 18 heavy (non-hydrogen) atoms. The van der Waals surface area contributed by atoms with Gasteiger partial charge in [0.1, 0.15) is 12.1 Å². The molecule has 1 aliphatic rings. The number of rotatable bonds is 1. The number of hydrogen-bond acceptors (Lipinski definition) is 3. The van der Waals surface area contributed by atoms with Crippen LogP contribution in [-0.2, 0) is 0 Å². The molecule has 0 radical (unpaired) electrons. The smallest absolute Gasteiger partial charge is 0.101 e. The molecule has 2 aromatic rings. The van der Waals surface area contributed by atoms with Gasteiger partial charge in [-0.3, -0.25) is 0 Å². The highest BCUT2D eigenvalue weighted by Gasteiger charge is 2.19. The van der Waals surface area contributed by atoms with Crippen LogP contribution in [0.3, 0.4) is 0 Å². The van der Waals surface area contributed by atoms with Crippen molar-refractivity contribution in [1.29, 1.82) is 10.5 Å². The topological polar surface area (TPSA) is 65.4 Å². The first-order chi connectivity index (χ1) is 8.83. The third-order valence-electron chi connectivity index (χ3n) is 3.67. The van der Waals surface area contributed by atoms with E-state index in [0.717, 1.165) is 11.0 Å². The zero-order valence-electron chi connectivity index (χ0n) is 9.93. The van der Waals surface area contributed by atoms with E-state index < -0.39 is 0 Å². The maximum atomic E-state index is 9.07. The Morgan fingerprint density at radius 1 is 1.11 bits per heavy atom. The van der Waals surface area contributed by atoms with Crippen molar-refractivity contribution in [2.45, 2.75) is 31.7 Å². The van der Waals surface area contributed by atoms with Gasteiger partial charge in [0.2, 0.25) is 0 Å². The van der Waals surface area contributed by atoms with Crippen LogP contribution in [0.4, 0.5) is 0 Å². The number of imidazole rings is 1. The Balaban J connectivity index is 2.19. The van der Waals surface area contributed by atoms with Gasteiger partial charge in [0.15, 0.2) is 0 Å². The summed E-state index contributed by atoms with van der Waals surface area (Å²) < 4.78 is 2.16. The van der Waals surface area contributed by atoms with Crippen molar-refractivity contribution in [2.24, 2.45) is 0 Å². The molecule has 1 saturated carbocycles. The third-order valence-corrected chi connectivity index (χ3v) is 3.67. The van der Waals surface area contributed by atoms with Gasteiger partial charge in [-0.05, 0) is 25.0 Å². The Morgan fingerprint density at radius 2 is 1.78 bits per heavy atom. The second-order valence-electron chi connectivity index (χ2n) is 4.70. The van der Waals surface area contributed by atoms with Crippen LogP contribution in [0.2, 0.25) is 0 Å². The highest BCUT2D eigenvalue weighted by molar-refractivity contribution is 5.79. The lowest BCUT2D eigenvalue weighted by Crippen LogP contribution is -2.02. The summed E-state index contributed by atoms with van der Waals surface area (Å²) in [5, 5.41) is 18.1. The quantitative estimate of drug-likeness (QED) is 0.764. The summed E-state index contributed by atoms with van der Waals surface area (Å²) in [5.74, 6) is 0. The molecule has 1 aromatic heterocycles. The molecule has 0 atom stereocenters. The van der Waals surface area contributed by atoms with Crippen LogP contribution in [0, 0.1) is 22.7 Å². The lowest BCUT2D eigenvalue weighted by Gasteiger charge is -2.12. The molecule has 0 aliphatic heterocycles. The summed E-state index contributed by atoms with van der Waals surface area (Å²) in [7, 11) is 0. The van der Waals surface area contributed by atoms with E-state index in [1.807, 2.05) is 12.4 Å². The van der Waals surface area contributed by atoms with Crippen molar-refractivity contribution >= 4 is 11.0 Å². The minimum absolute atomic E-state index is 0.404. The fraction of sp³-hybridized carbons (Fsp3) is 0.357. The molecular weight excluding hydrogens is 224 g/mol. The van der Waals surface area contributed by atoms with E-state index in [2.05, 4.69) is 15.6 Å². The largest absolute Gasteiger partial charge is 0.327 e. The van der Waals surface area contributed by atoms with Gasteiger partial charge in [-0.1, -0.05) is 12.8 Å². The van der Waals surface area contributed by atoms with Crippen LogP contribution < -0.4 is 0 Å². The fourth-order valence-electron chi connectivity index (χ4n) is 2.73. The van der Waals surface area contributed by atoms with Crippen LogP contribution in [0.5, 0.6) is 0 Å². The molecule has 0 spiro atoms. The summed E-state index contributed by atoms with van der Waals surface area (Å²) in [6.07, 6.45) is 6.70. The van der Waals surface area contributed by atoms with Crippen LogP contribution >= 0.6 is 0 Å². The van der Waals surface area contributed by atoms with Crippen molar-refractivity contribution in [3.05, 3.63) is 29.6 Å². The molecule has 4 nitrogen and oxygen atoms in total. The van der Waals surface area contributed by atoms with Gasteiger partial charge in [0.25, 0.3) is 0 Å². The molecule has 0 bridgehead atoms. The van der Waals surface area contributed by atoms with Crippen molar-refractivity contribution in [3.63, 3.8) is 0 Å². The predicted molar refractivity (Wildman–Crippen MR) is 66.7 cm³/mol. The van der Waals surface area contributed by atoms with Crippen molar-refractivity contribution in [1.82, 2.24) is 9.55 Å². The van der Waals surface area contributed by atoms with Crippen LogP contribution in [-0.4, -0.2) is 9.55 Å². The summed E-state index contributed by atoms with van der Waals surface area (Å²) >= 11 is 0. The summed E-state index contributed by atoms with van der Waals surface area (Å²) in [6.45, 7) is 0. The molecular formula is C14H12N4. The van der Waals surface area contributed by atoms with Gasteiger partial charge >= 0.3 is 0 Å². The van der Waals surface area contributed by atoms with E-state index in [-0.39, 0.29) is 0 Å². The van der Waals surface area contributed by atoms with Crippen LogP contribution in [0.15, 0.2) is 18.5 Å². The van der Waals surface area contributed by atoms with Gasteiger partial charge in [0, 0.05) is 6.04 Å². The molecule has 0 amide bonds. The molecule has 1 fully saturated rings. The van der Waals surface area contributed by atoms with E-state index in [1.165, 1.54) is 25.7 Å². The molecule has 1 heterocycles. The van der Waals surface area contributed by atoms with E-state index in [0.29, 0.717) is 17.2 Å². The van der Waals surface area contributed by atoms with Crippen LogP contribution in [0.25, 0.3) is 11.0 Å². The highest BCUT2D eigenvalue weighted by Crippen LogP contribution is 2.32. The highest BCUT2D eigenvalue weighted by atomic mass is 15.1. The Morgan fingerprint density at radius 3 is 2.44 bits per heavy atom. The summed E-state index contributed by atoms with van der Waals surface area (Å²) in [4.78, 5) is 4.35. The average molecular weight is 236 g/mol. The normalized spacial score (nSPS) is 15.7. The number of aromatic nitrogens is 2. The number of nitrogens with zero attached hydrogens (tertiary/aromatic N) is 4. The maximum Gasteiger partial charge on any atom is 0.101 e. The molecule has 1 aliphatic carbocycles. The number of hydrogen-bond donors (Lipinski definition) is 0. The molecule has 3 rings (SSSR count). The van der Waals surface area contributed by atoms with E-state index in [1.54, 1.807) is 12.1 Å². The Hall–Kier alpha value is -2.33. The monoisotopic (exact) mass is 236 g/mol. The summed E-state index contributed by atoms with van der Waals surface area (Å²) in [6, 6.07) is 8.12. The molecule has 0 unspecified atom stereocenters. The third kappa shape index (κ3) is 1.55. The van der Waals surface area contributed by atoms with Gasteiger partial charge in [0.05, 0.1) is 28.5 Å². The Bertz CT molecular complexity index is 678.